The van der Waals surface area contributed by atoms with Crippen molar-refractivity contribution >= 4 is 16.8 Å². The molecule has 0 fully saturated rings. The van der Waals surface area contributed by atoms with Crippen LogP contribution in [-0.4, -0.2) is 40.9 Å². The van der Waals surface area contributed by atoms with E-state index in [0.717, 1.165) is 10.9 Å². The first-order chi connectivity index (χ1) is 11.5. The minimum Gasteiger partial charge on any atom is -0.486 e. The number of fused-ring (bicyclic) bond motifs is 3. The lowest BCUT2D eigenvalue weighted by Crippen LogP contribution is -2.52. The molecule has 1 aliphatic heterocycles. The molecule has 24 heavy (non-hydrogen) atoms. The zero-order valence-corrected chi connectivity index (χ0v) is 14.2. The second kappa shape index (κ2) is 6.68. The zero-order chi connectivity index (χ0) is 17.3. The van der Waals surface area contributed by atoms with Gasteiger partial charge in [-0.25, -0.2) is 0 Å². The Kier molecular flexibility index (Phi) is 4.62. The summed E-state index contributed by atoms with van der Waals surface area (Å²) in [5.74, 6) is 1.19. The van der Waals surface area contributed by atoms with Gasteiger partial charge in [0.2, 0.25) is 5.91 Å². The molecule has 130 valence electrons. The maximum Gasteiger partial charge on any atom is 0.222 e. The Hall–Kier alpha value is -2.28. The van der Waals surface area contributed by atoms with Crippen molar-refractivity contribution in [2.45, 2.75) is 45.4 Å². The van der Waals surface area contributed by atoms with Gasteiger partial charge in [-0.3, -0.25) is 9.89 Å². The molecule has 1 aliphatic rings. The van der Waals surface area contributed by atoms with E-state index in [2.05, 4.69) is 15.5 Å². The standard InChI is InChI=1S/C17H24N4O3/c1-9(2)17(22)20-12(6-10(3)18)14-8-23-13-5-4-11-7-19-21-15(11)16(13)24-14/h4-5,7,9-10,12,14H,6,8,18H2,1-3H3,(H,19,21)(H,20,22)/t10-,12?,14+/m0/s1. The number of carbonyl (C=O) groups excluding carboxylic acids is 1. The first-order valence-corrected chi connectivity index (χ1v) is 8.27. The van der Waals surface area contributed by atoms with Crippen molar-refractivity contribution in [3.8, 4) is 11.5 Å². The highest BCUT2D eigenvalue weighted by molar-refractivity contribution is 5.87. The van der Waals surface area contributed by atoms with E-state index in [4.69, 9.17) is 15.2 Å². The van der Waals surface area contributed by atoms with Gasteiger partial charge in [-0.15, -0.1) is 0 Å². The Balaban J connectivity index is 1.84. The van der Waals surface area contributed by atoms with Gasteiger partial charge in [-0.05, 0) is 25.5 Å². The second-order valence-electron chi connectivity index (χ2n) is 6.68. The summed E-state index contributed by atoms with van der Waals surface area (Å²) in [5.41, 5.74) is 6.75. The number of H-pyrrole nitrogens is 1. The normalized spacial score (nSPS) is 19.3. The fraction of sp³-hybridized carbons (Fsp3) is 0.529. The monoisotopic (exact) mass is 332 g/mol. The van der Waals surface area contributed by atoms with E-state index < -0.39 is 0 Å². The van der Waals surface area contributed by atoms with Crippen LogP contribution >= 0.6 is 0 Å². The third kappa shape index (κ3) is 3.31. The molecule has 1 amide bonds. The molecule has 1 unspecified atom stereocenters. The summed E-state index contributed by atoms with van der Waals surface area (Å²) < 4.78 is 12.0. The third-order valence-electron chi connectivity index (χ3n) is 4.13. The minimum atomic E-state index is -0.305. The van der Waals surface area contributed by atoms with Crippen LogP contribution in [0, 0.1) is 5.92 Å². The fourth-order valence-electron chi connectivity index (χ4n) is 2.81. The van der Waals surface area contributed by atoms with Crippen LogP contribution < -0.4 is 20.5 Å². The van der Waals surface area contributed by atoms with Crippen molar-refractivity contribution in [3.63, 3.8) is 0 Å². The van der Waals surface area contributed by atoms with E-state index in [1.165, 1.54) is 0 Å². The van der Waals surface area contributed by atoms with Gasteiger partial charge >= 0.3 is 0 Å². The predicted molar refractivity (Wildman–Crippen MR) is 91.0 cm³/mol. The number of nitrogens with two attached hydrogens (primary N) is 1. The molecule has 0 spiro atoms. The minimum absolute atomic E-state index is 0.0187. The van der Waals surface area contributed by atoms with Gasteiger partial charge in [0.25, 0.3) is 0 Å². The van der Waals surface area contributed by atoms with Crippen LogP contribution in [0.3, 0.4) is 0 Å². The lowest BCUT2D eigenvalue weighted by molar-refractivity contribution is -0.125. The molecule has 0 radical (unpaired) electrons. The van der Waals surface area contributed by atoms with Gasteiger partial charge in [-0.1, -0.05) is 13.8 Å². The number of hydrogen-bond donors (Lipinski definition) is 3. The summed E-state index contributed by atoms with van der Waals surface area (Å²) in [6, 6.07) is 3.53. The Labute approximate surface area is 140 Å². The van der Waals surface area contributed by atoms with E-state index in [9.17, 15) is 4.79 Å². The van der Waals surface area contributed by atoms with Crippen molar-refractivity contribution in [1.82, 2.24) is 15.5 Å². The quantitative estimate of drug-likeness (QED) is 0.771. The average Bonchev–Trinajstić information content (AvgIpc) is 3.02. The number of rotatable bonds is 5. The number of benzene rings is 1. The van der Waals surface area contributed by atoms with Crippen molar-refractivity contribution < 1.29 is 14.3 Å². The fourth-order valence-corrected chi connectivity index (χ4v) is 2.81. The Morgan fingerprint density at radius 1 is 1.46 bits per heavy atom. The summed E-state index contributed by atoms with van der Waals surface area (Å²) >= 11 is 0. The Morgan fingerprint density at radius 2 is 2.25 bits per heavy atom. The molecule has 3 rings (SSSR count). The van der Waals surface area contributed by atoms with Crippen LogP contribution in [0.4, 0.5) is 0 Å². The number of hydrogen-bond acceptors (Lipinski definition) is 5. The second-order valence-corrected chi connectivity index (χ2v) is 6.68. The van der Waals surface area contributed by atoms with Crippen LogP contribution in [0.25, 0.3) is 10.9 Å². The third-order valence-corrected chi connectivity index (χ3v) is 4.13. The maximum absolute atomic E-state index is 12.1. The molecule has 0 saturated heterocycles. The summed E-state index contributed by atoms with van der Waals surface area (Å²) in [7, 11) is 0. The highest BCUT2D eigenvalue weighted by Gasteiger charge is 2.32. The number of nitrogens with one attached hydrogen (secondary N) is 2. The van der Waals surface area contributed by atoms with Crippen LogP contribution in [0.2, 0.25) is 0 Å². The summed E-state index contributed by atoms with van der Waals surface area (Å²) in [4.78, 5) is 12.1. The predicted octanol–water partition coefficient (Wildman–Crippen LogP) is 1.58. The molecule has 3 atom stereocenters. The summed E-state index contributed by atoms with van der Waals surface area (Å²) in [5, 5.41) is 11.0. The Bertz CT molecular complexity index is 726. The molecule has 2 aromatic rings. The lowest BCUT2D eigenvalue weighted by atomic mass is 10.0. The maximum atomic E-state index is 12.1. The molecule has 0 saturated carbocycles. The van der Waals surface area contributed by atoms with E-state index in [-0.39, 0.29) is 30.0 Å². The van der Waals surface area contributed by atoms with E-state index in [1.807, 2.05) is 32.9 Å². The molecule has 0 aliphatic carbocycles. The molecule has 0 bridgehead atoms. The number of nitrogens with zero attached hydrogens (tertiary/aromatic N) is 1. The number of carbonyl (C=O) groups is 1. The van der Waals surface area contributed by atoms with Gasteiger partial charge in [0.05, 0.1) is 12.2 Å². The molecule has 1 aromatic heterocycles. The zero-order valence-electron chi connectivity index (χ0n) is 14.2. The number of amides is 1. The SMILES string of the molecule is CC(C)C(=O)NC(C[C@H](C)N)[C@H]1COc2ccc3cn[nH]c3c2O1. The van der Waals surface area contributed by atoms with Crippen molar-refractivity contribution in [1.29, 1.82) is 0 Å². The first kappa shape index (κ1) is 16.6. The van der Waals surface area contributed by atoms with E-state index in [1.54, 1.807) is 6.20 Å². The van der Waals surface area contributed by atoms with E-state index in [0.29, 0.717) is 24.5 Å². The summed E-state index contributed by atoms with van der Waals surface area (Å²) in [6.45, 7) is 6.00. The van der Waals surface area contributed by atoms with Gasteiger partial charge in [0.1, 0.15) is 12.1 Å². The average molecular weight is 332 g/mol. The molecule has 4 N–H and O–H groups in total. The molecule has 2 heterocycles. The smallest absolute Gasteiger partial charge is 0.222 e. The highest BCUT2D eigenvalue weighted by Crippen LogP contribution is 2.38. The number of aromatic nitrogens is 2. The van der Waals surface area contributed by atoms with E-state index >= 15 is 0 Å². The van der Waals surface area contributed by atoms with Crippen LogP contribution in [0.5, 0.6) is 11.5 Å². The first-order valence-electron chi connectivity index (χ1n) is 8.27. The molecule has 7 heteroatoms. The largest absolute Gasteiger partial charge is 0.486 e. The molecule has 1 aromatic carbocycles. The van der Waals surface area contributed by atoms with Gasteiger partial charge in [0.15, 0.2) is 17.6 Å². The van der Waals surface area contributed by atoms with Crippen LogP contribution in [0.1, 0.15) is 27.2 Å². The van der Waals surface area contributed by atoms with Gasteiger partial charge in [0, 0.05) is 17.3 Å². The lowest BCUT2D eigenvalue weighted by Gasteiger charge is -2.34. The topological polar surface area (TPSA) is 102 Å². The van der Waals surface area contributed by atoms with Gasteiger partial charge < -0.3 is 20.5 Å². The number of aromatic amines is 1. The van der Waals surface area contributed by atoms with Crippen molar-refractivity contribution in [2.75, 3.05) is 6.61 Å². The highest BCUT2D eigenvalue weighted by atomic mass is 16.6. The molecule has 7 nitrogen and oxygen atoms in total. The van der Waals surface area contributed by atoms with Crippen molar-refractivity contribution in [3.05, 3.63) is 18.3 Å². The number of ether oxygens (including phenoxy) is 2. The van der Waals surface area contributed by atoms with Crippen LogP contribution in [-0.2, 0) is 4.79 Å². The molecular formula is C17H24N4O3. The summed E-state index contributed by atoms with van der Waals surface area (Å²) in [6.07, 6.45) is 2.05. The van der Waals surface area contributed by atoms with Crippen LogP contribution in [0.15, 0.2) is 18.3 Å². The Morgan fingerprint density at radius 3 is 2.96 bits per heavy atom. The van der Waals surface area contributed by atoms with Crippen molar-refractivity contribution in [2.24, 2.45) is 11.7 Å². The van der Waals surface area contributed by atoms with Gasteiger partial charge in [-0.2, -0.15) is 5.10 Å². The molecular weight excluding hydrogens is 308 g/mol.